The number of rotatable bonds is 4. The van der Waals surface area contributed by atoms with Gasteiger partial charge in [-0.25, -0.2) is 18.6 Å². The van der Waals surface area contributed by atoms with Gasteiger partial charge in [-0.2, -0.15) is 0 Å². The van der Waals surface area contributed by atoms with Crippen molar-refractivity contribution in [2.45, 2.75) is 0 Å². The number of fused-ring (bicyclic) bond motifs is 1. The van der Waals surface area contributed by atoms with Gasteiger partial charge in [0, 0.05) is 37.9 Å². The molecule has 29 heavy (non-hydrogen) atoms. The predicted molar refractivity (Wildman–Crippen MR) is 103 cm³/mol. The third-order valence-electron chi connectivity index (χ3n) is 4.69. The van der Waals surface area contributed by atoms with E-state index >= 15 is 0 Å². The Morgan fingerprint density at radius 1 is 1.21 bits per heavy atom. The Hall–Kier alpha value is -3.14. The molecule has 152 valence electrons. The molecule has 11 heteroatoms. The zero-order valence-electron chi connectivity index (χ0n) is 15.0. The fourth-order valence-electron chi connectivity index (χ4n) is 3.16. The minimum atomic E-state index is -0.812. The number of benzene rings is 1. The van der Waals surface area contributed by atoms with Crippen molar-refractivity contribution in [1.29, 1.82) is 0 Å². The first-order valence-corrected chi connectivity index (χ1v) is 9.18. The van der Waals surface area contributed by atoms with Crippen molar-refractivity contribution in [3.8, 4) is 0 Å². The highest BCUT2D eigenvalue weighted by Gasteiger charge is 2.22. The SMILES string of the molecule is O=C(CNc1cnc2[nH]c(=O)oc2c1)N1CCN(c2cc(F)c(Cl)c(F)c2)CC1. The summed E-state index contributed by atoms with van der Waals surface area (Å²) in [5.74, 6) is -2.35. The topological polar surface area (TPSA) is 94.5 Å². The van der Waals surface area contributed by atoms with Crippen LogP contribution in [0.25, 0.3) is 11.2 Å². The number of nitrogens with one attached hydrogen (secondary N) is 2. The Morgan fingerprint density at radius 2 is 1.90 bits per heavy atom. The van der Waals surface area contributed by atoms with E-state index in [1.54, 1.807) is 15.9 Å². The van der Waals surface area contributed by atoms with Crippen LogP contribution in [-0.4, -0.2) is 53.5 Å². The zero-order chi connectivity index (χ0) is 20.5. The lowest BCUT2D eigenvalue weighted by molar-refractivity contribution is -0.129. The monoisotopic (exact) mass is 423 g/mol. The van der Waals surface area contributed by atoms with Crippen LogP contribution in [0.1, 0.15) is 0 Å². The van der Waals surface area contributed by atoms with Crippen molar-refractivity contribution < 1.29 is 18.0 Å². The molecule has 8 nitrogen and oxygen atoms in total. The number of H-pyrrole nitrogens is 1. The van der Waals surface area contributed by atoms with Gasteiger partial charge in [0.1, 0.15) is 16.7 Å². The molecular formula is C18H16ClF2N5O3. The molecule has 0 radical (unpaired) electrons. The normalized spacial score (nSPS) is 14.4. The van der Waals surface area contributed by atoms with E-state index in [0.717, 1.165) is 0 Å². The van der Waals surface area contributed by atoms with Crippen molar-refractivity contribution in [2.24, 2.45) is 0 Å². The summed E-state index contributed by atoms with van der Waals surface area (Å²) in [4.78, 5) is 33.5. The van der Waals surface area contributed by atoms with Gasteiger partial charge in [0.2, 0.25) is 5.91 Å². The van der Waals surface area contributed by atoms with Crippen LogP contribution >= 0.6 is 11.6 Å². The number of hydrogen-bond acceptors (Lipinski definition) is 6. The number of hydrogen-bond donors (Lipinski definition) is 2. The first kappa shape index (κ1) is 19.2. The quantitative estimate of drug-likeness (QED) is 0.625. The third kappa shape index (κ3) is 4.02. The van der Waals surface area contributed by atoms with Gasteiger partial charge >= 0.3 is 5.76 Å². The highest BCUT2D eigenvalue weighted by Crippen LogP contribution is 2.26. The Morgan fingerprint density at radius 3 is 2.59 bits per heavy atom. The van der Waals surface area contributed by atoms with E-state index in [-0.39, 0.29) is 12.5 Å². The lowest BCUT2D eigenvalue weighted by Crippen LogP contribution is -2.50. The number of aromatic amines is 1. The summed E-state index contributed by atoms with van der Waals surface area (Å²) in [6, 6.07) is 3.95. The van der Waals surface area contributed by atoms with Crippen LogP contribution in [0.3, 0.4) is 0 Å². The maximum Gasteiger partial charge on any atom is 0.418 e. The van der Waals surface area contributed by atoms with Gasteiger partial charge in [0.05, 0.1) is 18.4 Å². The Balaban J connectivity index is 1.33. The Bertz CT molecular complexity index is 1100. The number of nitrogens with zero attached hydrogens (tertiary/aromatic N) is 3. The molecule has 1 fully saturated rings. The highest BCUT2D eigenvalue weighted by atomic mass is 35.5. The molecule has 0 unspecified atom stereocenters. The smallest absolute Gasteiger partial charge is 0.406 e. The van der Waals surface area contributed by atoms with Gasteiger partial charge in [-0.1, -0.05) is 11.6 Å². The van der Waals surface area contributed by atoms with Crippen LogP contribution in [0.2, 0.25) is 5.02 Å². The molecule has 0 bridgehead atoms. The highest BCUT2D eigenvalue weighted by molar-refractivity contribution is 6.31. The minimum absolute atomic E-state index is 0.0338. The second-order valence-electron chi connectivity index (χ2n) is 6.53. The number of aromatic nitrogens is 2. The number of pyridine rings is 1. The Labute approximate surface area is 168 Å². The van der Waals surface area contributed by atoms with Crippen molar-refractivity contribution in [3.63, 3.8) is 0 Å². The fourth-order valence-corrected chi connectivity index (χ4v) is 3.27. The van der Waals surface area contributed by atoms with Crippen LogP contribution in [-0.2, 0) is 4.79 Å². The molecule has 2 aromatic heterocycles. The first-order valence-electron chi connectivity index (χ1n) is 8.81. The molecule has 1 aliphatic heterocycles. The van der Waals surface area contributed by atoms with E-state index in [1.807, 2.05) is 0 Å². The molecule has 3 aromatic rings. The molecular weight excluding hydrogens is 408 g/mol. The first-order chi connectivity index (χ1) is 13.9. The number of halogens is 3. The van der Waals surface area contributed by atoms with Crippen LogP contribution in [0, 0.1) is 11.6 Å². The summed E-state index contributed by atoms with van der Waals surface area (Å²) in [6.45, 7) is 1.74. The van der Waals surface area contributed by atoms with E-state index < -0.39 is 22.4 Å². The van der Waals surface area contributed by atoms with Gasteiger partial charge in [0.25, 0.3) is 0 Å². The van der Waals surface area contributed by atoms with Crippen LogP contribution in [0.4, 0.5) is 20.2 Å². The number of amides is 1. The number of carbonyl (C=O) groups is 1. The average molecular weight is 424 g/mol. The third-order valence-corrected chi connectivity index (χ3v) is 5.05. The standard InChI is InChI=1S/C18H16ClF2N5O3/c19-16-12(20)6-11(7-13(16)21)25-1-3-26(4-2-25)15(27)9-22-10-5-14-17(23-8-10)24-18(28)29-14/h5-8,22H,1-4,9H2,(H,23,24,28). The van der Waals surface area contributed by atoms with Gasteiger partial charge in [-0.05, 0) is 12.1 Å². The van der Waals surface area contributed by atoms with Crippen molar-refractivity contribution in [1.82, 2.24) is 14.9 Å². The summed E-state index contributed by atoms with van der Waals surface area (Å²) in [6.07, 6.45) is 1.49. The van der Waals surface area contributed by atoms with Gasteiger partial charge in [-0.3, -0.25) is 9.78 Å². The maximum atomic E-state index is 13.7. The summed E-state index contributed by atoms with van der Waals surface area (Å²) >= 11 is 5.52. The minimum Gasteiger partial charge on any atom is -0.406 e. The van der Waals surface area contributed by atoms with E-state index in [9.17, 15) is 18.4 Å². The predicted octanol–water partition coefficient (Wildman–Crippen LogP) is 2.21. The lowest BCUT2D eigenvalue weighted by atomic mass is 10.2. The fraction of sp³-hybridized carbons (Fsp3) is 0.278. The van der Waals surface area contributed by atoms with Crippen molar-refractivity contribution in [3.05, 3.63) is 51.6 Å². The molecule has 0 aliphatic carbocycles. The summed E-state index contributed by atoms with van der Waals surface area (Å²) in [7, 11) is 0. The summed E-state index contributed by atoms with van der Waals surface area (Å²) in [5, 5.41) is 2.42. The average Bonchev–Trinajstić information content (AvgIpc) is 3.09. The van der Waals surface area contributed by atoms with Gasteiger partial charge in [0.15, 0.2) is 11.2 Å². The van der Waals surface area contributed by atoms with Gasteiger partial charge in [-0.15, -0.1) is 0 Å². The number of carbonyl (C=O) groups excluding carboxylic acids is 1. The molecule has 3 heterocycles. The molecule has 1 saturated heterocycles. The molecule has 1 aromatic carbocycles. The van der Waals surface area contributed by atoms with Crippen molar-refractivity contribution >= 4 is 40.1 Å². The van der Waals surface area contributed by atoms with E-state index in [4.69, 9.17) is 16.0 Å². The van der Waals surface area contributed by atoms with Crippen LogP contribution in [0.15, 0.2) is 33.6 Å². The molecule has 4 rings (SSSR count). The Kier molecular flexibility index (Phi) is 5.10. The van der Waals surface area contributed by atoms with E-state index in [1.165, 1.54) is 18.3 Å². The summed E-state index contributed by atoms with van der Waals surface area (Å²) in [5.41, 5.74) is 1.56. The lowest BCUT2D eigenvalue weighted by Gasteiger charge is -2.36. The van der Waals surface area contributed by atoms with E-state index in [0.29, 0.717) is 48.8 Å². The van der Waals surface area contributed by atoms with Gasteiger partial charge < -0.3 is 19.5 Å². The molecule has 0 atom stereocenters. The molecule has 1 amide bonds. The molecule has 0 spiro atoms. The molecule has 0 saturated carbocycles. The van der Waals surface area contributed by atoms with E-state index in [2.05, 4.69) is 15.3 Å². The van der Waals surface area contributed by atoms with Crippen LogP contribution in [0.5, 0.6) is 0 Å². The molecule has 2 N–H and O–H groups in total. The number of piperazine rings is 1. The largest absolute Gasteiger partial charge is 0.418 e. The second kappa shape index (κ2) is 7.70. The molecule has 1 aliphatic rings. The van der Waals surface area contributed by atoms with Crippen LogP contribution < -0.4 is 16.0 Å². The van der Waals surface area contributed by atoms with Crippen molar-refractivity contribution in [2.75, 3.05) is 42.9 Å². The summed E-state index contributed by atoms with van der Waals surface area (Å²) < 4.78 is 32.2. The second-order valence-corrected chi connectivity index (χ2v) is 6.91. The number of oxazole rings is 1. The maximum absolute atomic E-state index is 13.7. The number of anilines is 2. The zero-order valence-corrected chi connectivity index (χ0v) is 15.8.